The van der Waals surface area contributed by atoms with Crippen molar-refractivity contribution in [1.29, 1.82) is 5.26 Å². The van der Waals surface area contributed by atoms with Gasteiger partial charge in [0.25, 0.3) is 0 Å². The molecular weight excluding hydrogens is 174 g/mol. The average Bonchev–Trinajstić information content (AvgIpc) is 2.31. The number of nitriles is 1. The molecule has 0 aromatic heterocycles. The molecule has 0 saturated heterocycles. The Morgan fingerprint density at radius 1 is 1.21 bits per heavy atom. The van der Waals surface area contributed by atoms with E-state index in [1.54, 1.807) is 7.11 Å². The van der Waals surface area contributed by atoms with Gasteiger partial charge >= 0.3 is 0 Å². The van der Waals surface area contributed by atoms with Crippen molar-refractivity contribution in [3.8, 4) is 11.8 Å². The SMILES string of the molecule is CC.COc1ccc(C(C)C#N)cc1. The molecule has 0 aliphatic carbocycles. The molecule has 14 heavy (non-hydrogen) atoms. The molecular formula is C12H17NO. The maximum atomic E-state index is 8.63. The molecule has 1 unspecified atom stereocenters. The van der Waals surface area contributed by atoms with Gasteiger partial charge in [0.15, 0.2) is 0 Å². The summed E-state index contributed by atoms with van der Waals surface area (Å²) in [5, 5.41) is 8.63. The van der Waals surface area contributed by atoms with Gasteiger partial charge in [0.2, 0.25) is 0 Å². The molecule has 0 fully saturated rings. The number of methoxy groups -OCH3 is 1. The standard InChI is InChI=1S/C10H11NO.C2H6/c1-8(7-11)9-3-5-10(12-2)6-4-9;1-2/h3-6,8H,1-2H3;1-2H3. The number of rotatable bonds is 2. The second-order valence-corrected chi connectivity index (χ2v) is 2.62. The van der Waals surface area contributed by atoms with Crippen molar-refractivity contribution in [2.75, 3.05) is 7.11 Å². The first-order chi connectivity index (χ1) is 6.77. The first-order valence-corrected chi connectivity index (χ1v) is 4.81. The molecule has 0 N–H and O–H groups in total. The zero-order chi connectivity index (χ0) is 11.0. The molecule has 1 aromatic carbocycles. The summed E-state index contributed by atoms with van der Waals surface area (Å²) in [5.41, 5.74) is 1.03. The average molecular weight is 191 g/mol. The molecule has 0 radical (unpaired) electrons. The maximum absolute atomic E-state index is 8.63. The summed E-state index contributed by atoms with van der Waals surface area (Å²) in [6.45, 7) is 5.88. The van der Waals surface area contributed by atoms with Gasteiger partial charge in [0.05, 0.1) is 19.1 Å². The summed E-state index contributed by atoms with van der Waals surface area (Å²) >= 11 is 0. The fourth-order valence-corrected chi connectivity index (χ4v) is 0.967. The second kappa shape index (κ2) is 6.97. The van der Waals surface area contributed by atoms with Gasteiger partial charge in [-0.05, 0) is 24.6 Å². The molecule has 0 amide bonds. The molecule has 0 aliphatic rings. The van der Waals surface area contributed by atoms with Gasteiger partial charge in [-0.25, -0.2) is 0 Å². The Kier molecular flexibility index (Phi) is 6.22. The number of hydrogen-bond donors (Lipinski definition) is 0. The van der Waals surface area contributed by atoms with Crippen LogP contribution < -0.4 is 4.74 Å². The quantitative estimate of drug-likeness (QED) is 0.718. The first-order valence-electron chi connectivity index (χ1n) is 4.81. The van der Waals surface area contributed by atoms with Crippen LogP contribution in [0.25, 0.3) is 0 Å². The van der Waals surface area contributed by atoms with Gasteiger partial charge in [-0.1, -0.05) is 26.0 Å². The summed E-state index contributed by atoms with van der Waals surface area (Å²) in [5.74, 6) is 0.778. The van der Waals surface area contributed by atoms with Crippen LogP contribution >= 0.6 is 0 Å². The lowest BCUT2D eigenvalue weighted by molar-refractivity contribution is 0.414. The van der Waals surface area contributed by atoms with Crippen LogP contribution in [-0.4, -0.2) is 7.11 Å². The Bertz CT molecular complexity index is 284. The fraction of sp³-hybridized carbons (Fsp3) is 0.417. The van der Waals surface area contributed by atoms with Crippen LogP contribution in [0.2, 0.25) is 0 Å². The zero-order valence-electron chi connectivity index (χ0n) is 9.24. The van der Waals surface area contributed by atoms with Gasteiger partial charge in [0, 0.05) is 0 Å². The van der Waals surface area contributed by atoms with E-state index in [1.165, 1.54) is 0 Å². The minimum Gasteiger partial charge on any atom is -0.497 e. The van der Waals surface area contributed by atoms with Crippen LogP contribution in [0, 0.1) is 11.3 Å². The molecule has 1 rings (SSSR count). The molecule has 0 bridgehead atoms. The Hall–Kier alpha value is -1.49. The highest BCUT2D eigenvalue weighted by Gasteiger charge is 2.02. The fourth-order valence-electron chi connectivity index (χ4n) is 0.967. The Labute approximate surface area is 86.1 Å². The second-order valence-electron chi connectivity index (χ2n) is 2.62. The van der Waals surface area contributed by atoms with E-state index in [2.05, 4.69) is 6.07 Å². The molecule has 1 aromatic rings. The van der Waals surface area contributed by atoms with Gasteiger partial charge < -0.3 is 4.74 Å². The number of ether oxygens (including phenoxy) is 1. The smallest absolute Gasteiger partial charge is 0.118 e. The van der Waals surface area contributed by atoms with Crippen LogP contribution in [0.15, 0.2) is 24.3 Å². The topological polar surface area (TPSA) is 33.0 Å². The largest absolute Gasteiger partial charge is 0.497 e. The monoisotopic (exact) mass is 191 g/mol. The Balaban J connectivity index is 0.000000791. The van der Waals surface area contributed by atoms with E-state index in [-0.39, 0.29) is 5.92 Å². The molecule has 0 heterocycles. The first kappa shape index (κ1) is 12.5. The van der Waals surface area contributed by atoms with E-state index in [1.807, 2.05) is 45.0 Å². The molecule has 76 valence electrons. The maximum Gasteiger partial charge on any atom is 0.118 e. The van der Waals surface area contributed by atoms with Crippen molar-refractivity contribution in [1.82, 2.24) is 0 Å². The summed E-state index contributed by atoms with van der Waals surface area (Å²) in [7, 11) is 1.63. The minimum atomic E-state index is -0.0455. The van der Waals surface area contributed by atoms with Crippen molar-refractivity contribution in [2.24, 2.45) is 0 Å². The Morgan fingerprint density at radius 3 is 2.07 bits per heavy atom. The lowest BCUT2D eigenvalue weighted by atomic mass is 10.0. The van der Waals surface area contributed by atoms with Gasteiger partial charge in [0.1, 0.15) is 5.75 Å². The lowest BCUT2D eigenvalue weighted by Gasteiger charge is -2.03. The molecule has 2 heteroatoms. The number of hydrogen-bond acceptors (Lipinski definition) is 2. The third-order valence-corrected chi connectivity index (χ3v) is 1.81. The summed E-state index contributed by atoms with van der Waals surface area (Å²) in [6.07, 6.45) is 0. The van der Waals surface area contributed by atoms with Gasteiger partial charge in [-0.15, -0.1) is 0 Å². The van der Waals surface area contributed by atoms with Crippen molar-refractivity contribution in [2.45, 2.75) is 26.7 Å². The molecule has 0 spiro atoms. The van der Waals surface area contributed by atoms with Crippen molar-refractivity contribution < 1.29 is 4.74 Å². The molecule has 2 nitrogen and oxygen atoms in total. The van der Waals surface area contributed by atoms with E-state index in [9.17, 15) is 0 Å². The van der Waals surface area contributed by atoms with E-state index in [4.69, 9.17) is 10.00 Å². The number of nitrogens with zero attached hydrogens (tertiary/aromatic N) is 1. The van der Waals surface area contributed by atoms with E-state index in [0.29, 0.717) is 0 Å². The summed E-state index contributed by atoms with van der Waals surface area (Å²) in [4.78, 5) is 0. The number of benzene rings is 1. The van der Waals surface area contributed by atoms with E-state index >= 15 is 0 Å². The Morgan fingerprint density at radius 2 is 1.71 bits per heavy atom. The summed E-state index contributed by atoms with van der Waals surface area (Å²) in [6, 6.07) is 9.73. The molecule has 0 aliphatic heterocycles. The highest BCUT2D eigenvalue weighted by molar-refractivity contribution is 5.31. The van der Waals surface area contributed by atoms with Crippen LogP contribution in [0.4, 0.5) is 0 Å². The highest BCUT2D eigenvalue weighted by Crippen LogP contribution is 2.17. The van der Waals surface area contributed by atoms with Gasteiger partial charge in [-0.3, -0.25) is 0 Å². The van der Waals surface area contributed by atoms with E-state index < -0.39 is 0 Å². The lowest BCUT2D eigenvalue weighted by Crippen LogP contribution is -1.89. The highest BCUT2D eigenvalue weighted by atomic mass is 16.5. The normalized spacial score (nSPS) is 10.5. The van der Waals surface area contributed by atoms with Crippen molar-refractivity contribution >= 4 is 0 Å². The predicted molar refractivity (Wildman–Crippen MR) is 58.4 cm³/mol. The van der Waals surface area contributed by atoms with Crippen LogP contribution in [0.1, 0.15) is 32.3 Å². The van der Waals surface area contributed by atoms with E-state index in [0.717, 1.165) is 11.3 Å². The molecule has 0 saturated carbocycles. The van der Waals surface area contributed by atoms with Crippen molar-refractivity contribution in [3.05, 3.63) is 29.8 Å². The summed E-state index contributed by atoms with van der Waals surface area (Å²) < 4.78 is 5.00. The van der Waals surface area contributed by atoms with Crippen molar-refractivity contribution in [3.63, 3.8) is 0 Å². The van der Waals surface area contributed by atoms with Gasteiger partial charge in [-0.2, -0.15) is 5.26 Å². The predicted octanol–water partition coefficient (Wildman–Crippen LogP) is 3.35. The molecule has 1 atom stereocenters. The zero-order valence-corrected chi connectivity index (χ0v) is 9.24. The van der Waals surface area contributed by atoms with Crippen LogP contribution in [-0.2, 0) is 0 Å². The minimum absolute atomic E-state index is 0.0455. The third-order valence-electron chi connectivity index (χ3n) is 1.81. The van der Waals surface area contributed by atoms with Crippen LogP contribution in [0.3, 0.4) is 0 Å². The third kappa shape index (κ3) is 3.49. The van der Waals surface area contributed by atoms with Crippen LogP contribution in [0.5, 0.6) is 5.75 Å².